The molecule has 0 aliphatic carbocycles. The predicted molar refractivity (Wildman–Crippen MR) is 115 cm³/mol. The largest absolute Gasteiger partial charge is 0.351 e. The summed E-state index contributed by atoms with van der Waals surface area (Å²) in [7, 11) is 0. The van der Waals surface area contributed by atoms with Gasteiger partial charge in [0, 0.05) is 29.8 Å². The third-order valence-electron chi connectivity index (χ3n) is 5.20. The summed E-state index contributed by atoms with van der Waals surface area (Å²) in [6.07, 6.45) is 1.58. The van der Waals surface area contributed by atoms with E-state index >= 15 is 0 Å². The summed E-state index contributed by atoms with van der Waals surface area (Å²) in [5.74, 6) is -0.00535. The Morgan fingerprint density at radius 1 is 1.11 bits per heavy atom. The van der Waals surface area contributed by atoms with Crippen molar-refractivity contribution >= 4 is 33.6 Å². The van der Waals surface area contributed by atoms with Gasteiger partial charge in [0.2, 0.25) is 5.91 Å². The highest BCUT2D eigenvalue weighted by molar-refractivity contribution is 9.10. The molecule has 0 spiro atoms. The summed E-state index contributed by atoms with van der Waals surface area (Å²) in [6.45, 7) is 5.55. The van der Waals surface area contributed by atoms with Gasteiger partial charge in [-0.2, -0.15) is 0 Å². The lowest BCUT2D eigenvalue weighted by Crippen LogP contribution is -2.52. The second kappa shape index (κ2) is 8.78. The molecule has 0 aromatic heterocycles. The number of rotatable bonds is 4. The highest BCUT2D eigenvalue weighted by atomic mass is 79.9. The number of likely N-dealkylation sites (tertiary alicyclic amines) is 1. The summed E-state index contributed by atoms with van der Waals surface area (Å²) < 4.78 is 0.960. The molecular formula is C22H26BrN3O2. The van der Waals surface area contributed by atoms with Crippen LogP contribution in [0.15, 0.2) is 53.0 Å². The zero-order valence-electron chi connectivity index (χ0n) is 16.3. The third-order valence-corrected chi connectivity index (χ3v) is 5.73. The Hall–Kier alpha value is -2.34. The van der Waals surface area contributed by atoms with Gasteiger partial charge in [-0.3, -0.25) is 4.79 Å². The average molecular weight is 444 g/mol. The molecule has 148 valence electrons. The molecule has 2 aromatic carbocycles. The van der Waals surface area contributed by atoms with Gasteiger partial charge in [-0.15, -0.1) is 0 Å². The SMILES string of the molecule is Cc1ccc(CNC(=O)[C@]2(C)CCCN(C(=O)Nc3ccc(Br)cc3)C2)cc1. The number of halogens is 1. The molecule has 1 saturated heterocycles. The van der Waals surface area contributed by atoms with Crippen LogP contribution in [0.1, 0.15) is 30.9 Å². The van der Waals surface area contributed by atoms with E-state index in [1.807, 2.05) is 62.4 Å². The van der Waals surface area contributed by atoms with Crippen molar-refractivity contribution in [3.05, 3.63) is 64.1 Å². The molecule has 2 aromatic rings. The molecule has 0 unspecified atom stereocenters. The molecule has 0 saturated carbocycles. The van der Waals surface area contributed by atoms with Crippen LogP contribution in [0.2, 0.25) is 0 Å². The lowest BCUT2D eigenvalue weighted by atomic mass is 9.81. The van der Waals surface area contributed by atoms with E-state index in [1.165, 1.54) is 5.56 Å². The molecule has 3 rings (SSSR count). The second-order valence-corrected chi connectivity index (χ2v) is 8.61. The number of anilines is 1. The molecule has 2 N–H and O–H groups in total. The smallest absolute Gasteiger partial charge is 0.321 e. The van der Waals surface area contributed by atoms with E-state index in [0.29, 0.717) is 19.6 Å². The molecule has 1 aliphatic heterocycles. The van der Waals surface area contributed by atoms with Crippen molar-refractivity contribution in [2.24, 2.45) is 5.41 Å². The maximum atomic E-state index is 12.8. The fraction of sp³-hybridized carbons (Fsp3) is 0.364. The summed E-state index contributed by atoms with van der Waals surface area (Å²) in [5, 5.41) is 5.95. The molecule has 3 amide bonds. The van der Waals surface area contributed by atoms with Gasteiger partial charge in [0.1, 0.15) is 0 Å². The van der Waals surface area contributed by atoms with Crippen LogP contribution < -0.4 is 10.6 Å². The summed E-state index contributed by atoms with van der Waals surface area (Å²) in [4.78, 5) is 27.2. The first-order valence-corrected chi connectivity index (χ1v) is 10.3. The van der Waals surface area contributed by atoms with Gasteiger partial charge < -0.3 is 15.5 Å². The predicted octanol–water partition coefficient (Wildman–Crippen LogP) is 4.71. The summed E-state index contributed by atoms with van der Waals surface area (Å²) in [6, 6.07) is 15.4. The lowest BCUT2D eigenvalue weighted by Gasteiger charge is -2.39. The van der Waals surface area contributed by atoms with Crippen LogP contribution in [0.3, 0.4) is 0 Å². The van der Waals surface area contributed by atoms with E-state index in [2.05, 4.69) is 26.6 Å². The van der Waals surface area contributed by atoms with Crippen LogP contribution >= 0.6 is 15.9 Å². The van der Waals surface area contributed by atoms with E-state index in [-0.39, 0.29) is 11.9 Å². The first-order valence-electron chi connectivity index (χ1n) is 9.51. The first kappa shape index (κ1) is 20.4. The average Bonchev–Trinajstić information content (AvgIpc) is 2.69. The number of hydrogen-bond acceptors (Lipinski definition) is 2. The number of nitrogens with one attached hydrogen (secondary N) is 2. The molecule has 1 atom stereocenters. The lowest BCUT2D eigenvalue weighted by molar-refractivity contribution is -0.132. The maximum absolute atomic E-state index is 12.8. The van der Waals surface area contributed by atoms with E-state index < -0.39 is 5.41 Å². The van der Waals surface area contributed by atoms with Crippen molar-refractivity contribution < 1.29 is 9.59 Å². The van der Waals surface area contributed by atoms with Crippen LogP contribution in [0.4, 0.5) is 10.5 Å². The molecule has 0 bridgehead atoms. The quantitative estimate of drug-likeness (QED) is 0.718. The Bertz CT molecular complexity index is 836. The first-order chi connectivity index (χ1) is 13.4. The standard InChI is InChI=1S/C22H26BrN3O2/c1-16-4-6-17(7-5-16)14-24-20(27)22(2)12-3-13-26(15-22)21(28)25-19-10-8-18(23)9-11-19/h4-11H,3,12-15H2,1-2H3,(H,24,27)(H,25,28)/t22-/m1/s1. The molecule has 5 nitrogen and oxygen atoms in total. The van der Waals surface area contributed by atoms with Gasteiger partial charge in [-0.25, -0.2) is 4.79 Å². The minimum atomic E-state index is -0.583. The Balaban J connectivity index is 1.58. The fourth-order valence-corrected chi connectivity index (χ4v) is 3.70. The van der Waals surface area contributed by atoms with Crippen LogP contribution in [0.25, 0.3) is 0 Å². The molecule has 0 radical (unpaired) electrons. The van der Waals surface area contributed by atoms with Crippen LogP contribution in [-0.4, -0.2) is 29.9 Å². The zero-order valence-corrected chi connectivity index (χ0v) is 17.9. The van der Waals surface area contributed by atoms with Crippen LogP contribution in [0.5, 0.6) is 0 Å². The highest BCUT2D eigenvalue weighted by Gasteiger charge is 2.39. The molecule has 1 fully saturated rings. The minimum Gasteiger partial charge on any atom is -0.351 e. The monoisotopic (exact) mass is 443 g/mol. The molecule has 1 heterocycles. The Morgan fingerprint density at radius 3 is 2.46 bits per heavy atom. The maximum Gasteiger partial charge on any atom is 0.321 e. The number of nitrogens with zero attached hydrogens (tertiary/aromatic N) is 1. The topological polar surface area (TPSA) is 61.4 Å². The van der Waals surface area contributed by atoms with Gasteiger partial charge in [0.25, 0.3) is 0 Å². The minimum absolute atomic E-state index is 0.00535. The van der Waals surface area contributed by atoms with Gasteiger partial charge >= 0.3 is 6.03 Å². The Morgan fingerprint density at radius 2 is 1.79 bits per heavy atom. The second-order valence-electron chi connectivity index (χ2n) is 7.69. The molecule has 6 heteroatoms. The summed E-state index contributed by atoms with van der Waals surface area (Å²) >= 11 is 3.39. The van der Waals surface area contributed by atoms with E-state index in [0.717, 1.165) is 28.6 Å². The number of benzene rings is 2. The van der Waals surface area contributed by atoms with Gasteiger partial charge in [-0.05, 0) is 56.5 Å². The van der Waals surface area contributed by atoms with E-state index in [1.54, 1.807) is 4.90 Å². The van der Waals surface area contributed by atoms with Gasteiger partial charge in [-0.1, -0.05) is 45.8 Å². The number of amides is 3. The van der Waals surface area contributed by atoms with E-state index in [9.17, 15) is 9.59 Å². The van der Waals surface area contributed by atoms with Crippen molar-refractivity contribution in [1.82, 2.24) is 10.2 Å². The number of urea groups is 1. The number of aryl methyl sites for hydroxylation is 1. The summed E-state index contributed by atoms with van der Waals surface area (Å²) in [5.41, 5.74) is 2.43. The van der Waals surface area contributed by atoms with Crippen molar-refractivity contribution in [2.45, 2.75) is 33.2 Å². The number of hydrogen-bond donors (Lipinski definition) is 2. The van der Waals surface area contributed by atoms with Crippen molar-refractivity contribution in [3.63, 3.8) is 0 Å². The van der Waals surface area contributed by atoms with Crippen molar-refractivity contribution in [3.8, 4) is 0 Å². The van der Waals surface area contributed by atoms with Gasteiger partial charge in [0.05, 0.1) is 5.41 Å². The Labute approximate surface area is 174 Å². The van der Waals surface area contributed by atoms with Gasteiger partial charge in [0.15, 0.2) is 0 Å². The molecule has 28 heavy (non-hydrogen) atoms. The van der Waals surface area contributed by atoms with Crippen LogP contribution in [-0.2, 0) is 11.3 Å². The third kappa shape index (κ3) is 5.13. The van der Waals surface area contributed by atoms with Crippen molar-refractivity contribution in [2.75, 3.05) is 18.4 Å². The Kier molecular flexibility index (Phi) is 6.39. The molecular weight excluding hydrogens is 418 g/mol. The van der Waals surface area contributed by atoms with Crippen molar-refractivity contribution in [1.29, 1.82) is 0 Å². The van der Waals surface area contributed by atoms with Crippen LogP contribution in [0, 0.1) is 12.3 Å². The highest BCUT2D eigenvalue weighted by Crippen LogP contribution is 2.30. The normalized spacial score (nSPS) is 19.2. The molecule has 1 aliphatic rings. The number of carbonyl (C=O) groups excluding carboxylic acids is 2. The fourth-order valence-electron chi connectivity index (χ4n) is 3.44. The number of piperidine rings is 1. The zero-order chi connectivity index (χ0) is 20.1. The number of carbonyl (C=O) groups is 2. The van der Waals surface area contributed by atoms with E-state index in [4.69, 9.17) is 0 Å².